The zero-order valence-electron chi connectivity index (χ0n) is 9.99. The molecule has 0 aromatic carbocycles. The summed E-state index contributed by atoms with van der Waals surface area (Å²) in [6, 6.07) is 0. The van der Waals surface area contributed by atoms with Crippen molar-refractivity contribution in [3.05, 3.63) is 0 Å². The number of hydrogen-bond acceptors (Lipinski definition) is 5. The minimum absolute atomic E-state index is 0.0717. The Morgan fingerprint density at radius 2 is 2.00 bits per heavy atom. The maximum absolute atomic E-state index is 8.63. The summed E-state index contributed by atoms with van der Waals surface area (Å²) in [6.45, 7) is 3.30. The van der Waals surface area contributed by atoms with E-state index in [1.165, 1.54) is 7.11 Å². The first-order valence-corrected chi connectivity index (χ1v) is 5.14. The Morgan fingerprint density at radius 1 is 1.47 bits per heavy atom. The van der Waals surface area contributed by atoms with E-state index in [0.717, 1.165) is 12.8 Å². The van der Waals surface area contributed by atoms with E-state index < -0.39 is 5.79 Å². The van der Waals surface area contributed by atoms with Gasteiger partial charge in [-0.25, -0.2) is 0 Å². The lowest BCUT2D eigenvalue weighted by Gasteiger charge is -2.12. The Hall–Kier alpha value is -0.200. The molecule has 0 amide bonds. The number of aliphatic hydroxyl groups is 2. The lowest BCUT2D eigenvalue weighted by molar-refractivity contribution is -0.155. The van der Waals surface area contributed by atoms with Gasteiger partial charge in [-0.3, -0.25) is 5.32 Å². The highest BCUT2D eigenvalue weighted by Crippen LogP contribution is 2.16. The molecule has 1 rings (SSSR count). The monoisotopic (exact) mass is 221 g/mol. The number of methoxy groups -OCH3 is 1. The van der Waals surface area contributed by atoms with Gasteiger partial charge in [0.1, 0.15) is 6.23 Å². The second-order valence-electron chi connectivity index (χ2n) is 3.95. The largest absolute Gasteiger partial charge is 0.394 e. The van der Waals surface area contributed by atoms with Crippen molar-refractivity contribution in [3.63, 3.8) is 0 Å². The summed E-state index contributed by atoms with van der Waals surface area (Å²) in [7, 11) is 3.32. The van der Waals surface area contributed by atoms with Gasteiger partial charge in [0, 0.05) is 7.11 Å². The highest BCUT2D eigenvalue weighted by atomic mass is 16.6. The second-order valence-corrected chi connectivity index (χ2v) is 3.95. The van der Waals surface area contributed by atoms with Gasteiger partial charge in [0.25, 0.3) is 0 Å². The molecule has 5 heteroatoms. The SMILES string of the molecule is CNC1CCC(CO)O1.COC(C)(C)O. The van der Waals surface area contributed by atoms with Gasteiger partial charge in [0.2, 0.25) is 0 Å². The fourth-order valence-electron chi connectivity index (χ4n) is 1.05. The highest BCUT2D eigenvalue weighted by Gasteiger charge is 2.22. The zero-order valence-corrected chi connectivity index (χ0v) is 9.99. The lowest BCUT2D eigenvalue weighted by atomic mass is 10.2. The molecular formula is C10H23NO4. The molecule has 3 N–H and O–H groups in total. The average Bonchev–Trinajstić information content (AvgIpc) is 2.65. The summed E-state index contributed by atoms with van der Waals surface area (Å²) in [5.74, 6) is -0.958. The second kappa shape index (κ2) is 7.14. The predicted octanol–water partition coefficient (Wildman–Crippen LogP) is 0.0644. The molecule has 1 fully saturated rings. The molecule has 0 bridgehead atoms. The van der Waals surface area contributed by atoms with Gasteiger partial charge in [0.05, 0.1) is 12.7 Å². The Labute approximate surface area is 91.4 Å². The third-order valence-corrected chi connectivity index (χ3v) is 2.13. The van der Waals surface area contributed by atoms with Crippen LogP contribution in [0.25, 0.3) is 0 Å². The van der Waals surface area contributed by atoms with E-state index in [-0.39, 0.29) is 18.9 Å². The van der Waals surface area contributed by atoms with Crippen molar-refractivity contribution in [2.45, 2.75) is 44.8 Å². The minimum Gasteiger partial charge on any atom is -0.394 e. The van der Waals surface area contributed by atoms with Crippen molar-refractivity contribution >= 4 is 0 Å². The van der Waals surface area contributed by atoms with Crippen LogP contribution >= 0.6 is 0 Å². The van der Waals surface area contributed by atoms with Gasteiger partial charge in [-0.1, -0.05) is 0 Å². The standard InChI is InChI=1S/C6H13NO2.C4H10O2/c1-7-6-3-2-5(4-8)9-6;1-4(2,5)6-3/h5-8H,2-4H2,1H3;5H,1-3H3. The number of aliphatic hydroxyl groups excluding tert-OH is 1. The van der Waals surface area contributed by atoms with Crippen LogP contribution in [0.4, 0.5) is 0 Å². The molecule has 1 saturated heterocycles. The van der Waals surface area contributed by atoms with Crippen LogP contribution in [0.1, 0.15) is 26.7 Å². The summed E-state index contributed by atoms with van der Waals surface area (Å²) in [4.78, 5) is 0. The summed E-state index contributed by atoms with van der Waals surface area (Å²) in [5, 5.41) is 20.2. The third kappa shape index (κ3) is 7.70. The molecule has 0 aromatic rings. The van der Waals surface area contributed by atoms with Crippen molar-refractivity contribution in [1.29, 1.82) is 0 Å². The first-order valence-electron chi connectivity index (χ1n) is 5.14. The van der Waals surface area contributed by atoms with Crippen molar-refractivity contribution in [1.82, 2.24) is 5.32 Å². The van der Waals surface area contributed by atoms with E-state index in [4.69, 9.17) is 14.9 Å². The molecule has 2 unspecified atom stereocenters. The Kier molecular flexibility index (Phi) is 7.04. The molecule has 92 valence electrons. The van der Waals surface area contributed by atoms with E-state index >= 15 is 0 Å². The Balaban J connectivity index is 0.000000288. The normalized spacial score (nSPS) is 26.0. The first-order chi connectivity index (χ1) is 6.92. The molecule has 0 saturated carbocycles. The van der Waals surface area contributed by atoms with Crippen molar-refractivity contribution < 1.29 is 19.7 Å². The summed E-state index contributed by atoms with van der Waals surface area (Å²) < 4.78 is 9.79. The van der Waals surface area contributed by atoms with Crippen LogP contribution in [-0.4, -0.2) is 49.1 Å². The average molecular weight is 221 g/mol. The van der Waals surface area contributed by atoms with Crippen LogP contribution in [0, 0.1) is 0 Å². The number of nitrogens with one attached hydrogen (secondary N) is 1. The molecule has 1 heterocycles. The van der Waals surface area contributed by atoms with Gasteiger partial charge in [-0.15, -0.1) is 0 Å². The molecule has 0 aromatic heterocycles. The van der Waals surface area contributed by atoms with Crippen molar-refractivity contribution in [2.75, 3.05) is 20.8 Å². The molecule has 5 nitrogen and oxygen atoms in total. The maximum atomic E-state index is 8.63. The van der Waals surface area contributed by atoms with E-state index in [1.807, 2.05) is 7.05 Å². The predicted molar refractivity (Wildman–Crippen MR) is 57.3 cm³/mol. The minimum atomic E-state index is -0.958. The zero-order chi connectivity index (χ0) is 11.9. The van der Waals surface area contributed by atoms with E-state index in [2.05, 4.69) is 10.1 Å². The smallest absolute Gasteiger partial charge is 0.159 e. The molecule has 2 atom stereocenters. The maximum Gasteiger partial charge on any atom is 0.159 e. The lowest BCUT2D eigenvalue weighted by Crippen LogP contribution is -2.25. The Bertz CT molecular complexity index is 148. The van der Waals surface area contributed by atoms with E-state index in [0.29, 0.717) is 0 Å². The van der Waals surface area contributed by atoms with Crippen LogP contribution in [0.15, 0.2) is 0 Å². The topological polar surface area (TPSA) is 71.0 Å². The van der Waals surface area contributed by atoms with Gasteiger partial charge >= 0.3 is 0 Å². The number of hydrogen-bond donors (Lipinski definition) is 3. The number of rotatable bonds is 3. The molecule has 15 heavy (non-hydrogen) atoms. The number of ether oxygens (including phenoxy) is 2. The highest BCUT2D eigenvalue weighted by molar-refractivity contribution is 4.69. The van der Waals surface area contributed by atoms with Gasteiger partial charge < -0.3 is 19.7 Å². The quantitative estimate of drug-likeness (QED) is 0.588. The van der Waals surface area contributed by atoms with Gasteiger partial charge in [0.15, 0.2) is 5.79 Å². The van der Waals surface area contributed by atoms with Crippen molar-refractivity contribution in [2.24, 2.45) is 0 Å². The van der Waals surface area contributed by atoms with Crippen LogP contribution < -0.4 is 5.32 Å². The van der Waals surface area contributed by atoms with Gasteiger partial charge in [-0.2, -0.15) is 0 Å². The van der Waals surface area contributed by atoms with E-state index in [9.17, 15) is 0 Å². The van der Waals surface area contributed by atoms with Crippen LogP contribution in [0.2, 0.25) is 0 Å². The van der Waals surface area contributed by atoms with E-state index in [1.54, 1.807) is 13.8 Å². The summed E-state index contributed by atoms with van der Waals surface area (Å²) in [6.07, 6.45) is 2.23. The fraction of sp³-hybridized carbons (Fsp3) is 1.00. The molecule has 0 aliphatic carbocycles. The van der Waals surface area contributed by atoms with Gasteiger partial charge in [-0.05, 0) is 33.7 Å². The fourth-order valence-corrected chi connectivity index (χ4v) is 1.05. The molecule has 1 aliphatic heterocycles. The third-order valence-electron chi connectivity index (χ3n) is 2.13. The Morgan fingerprint density at radius 3 is 2.20 bits per heavy atom. The molecule has 0 spiro atoms. The van der Waals surface area contributed by atoms with Crippen LogP contribution in [-0.2, 0) is 9.47 Å². The molecule has 1 aliphatic rings. The molecule has 0 radical (unpaired) electrons. The van der Waals surface area contributed by atoms with Crippen LogP contribution in [0.3, 0.4) is 0 Å². The summed E-state index contributed by atoms with van der Waals surface area (Å²) >= 11 is 0. The van der Waals surface area contributed by atoms with Crippen molar-refractivity contribution in [3.8, 4) is 0 Å². The first kappa shape index (κ1) is 14.8. The molecular weight excluding hydrogens is 198 g/mol. The van der Waals surface area contributed by atoms with Crippen LogP contribution in [0.5, 0.6) is 0 Å². The summed E-state index contributed by atoms with van der Waals surface area (Å²) in [5.41, 5.74) is 0.